The smallest absolute Gasteiger partial charge is 0.416 e. The third kappa shape index (κ3) is 12.7. The SMILES string of the molecule is O=C(NC1CCN(CCCCC2(C(=O)NCC(F)(F)F)c3ccccc3-c3ccccc32)CC1)c1ccccc1-c1ccc(C(F)(F)F)cc1.O=C1[C@H](CC[C@H](O)c2ccc(F)cc2)[C@@H](c2ccc(O)cc2)N1c1ccc(F)cc1. The Bertz CT molecular complexity index is 3230. The van der Waals surface area contributed by atoms with Crippen molar-refractivity contribution in [1.82, 2.24) is 15.5 Å². The summed E-state index contributed by atoms with van der Waals surface area (Å²) in [6, 6.07) is 44.1. The predicted molar refractivity (Wildman–Crippen MR) is 288 cm³/mol. The monoisotopic (exact) mass is 1100 g/mol. The number of piperidine rings is 1. The first kappa shape index (κ1) is 56.8. The lowest BCUT2D eigenvalue weighted by atomic mass is 9.73. The first-order valence-corrected chi connectivity index (χ1v) is 26.5. The molecule has 2 aliphatic heterocycles. The van der Waals surface area contributed by atoms with Crippen LogP contribution in [0.15, 0.2) is 170 Å². The number of aliphatic hydroxyl groups is 1. The van der Waals surface area contributed by atoms with E-state index in [9.17, 15) is 59.7 Å². The number of benzene rings is 7. The lowest BCUT2D eigenvalue weighted by Crippen LogP contribution is -2.55. The number of rotatable bonds is 16. The molecule has 416 valence electrons. The number of hydrogen-bond acceptors (Lipinski definition) is 6. The minimum absolute atomic E-state index is 0.0773. The van der Waals surface area contributed by atoms with Gasteiger partial charge in [-0.15, -0.1) is 0 Å². The van der Waals surface area contributed by atoms with Crippen molar-refractivity contribution in [2.75, 3.05) is 31.1 Å². The van der Waals surface area contributed by atoms with Crippen molar-refractivity contribution >= 4 is 23.4 Å². The number of likely N-dealkylation sites (tertiary alicyclic amines) is 1. The molecule has 3 atom stereocenters. The highest BCUT2D eigenvalue weighted by Gasteiger charge is 2.50. The van der Waals surface area contributed by atoms with E-state index in [-0.39, 0.29) is 47.2 Å². The zero-order chi connectivity index (χ0) is 56.8. The summed E-state index contributed by atoms with van der Waals surface area (Å²) in [4.78, 5) is 43.9. The Hall–Kier alpha value is -7.89. The summed E-state index contributed by atoms with van der Waals surface area (Å²) in [5, 5.41) is 25.3. The minimum atomic E-state index is -4.53. The van der Waals surface area contributed by atoms with Gasteiger partial charge in [0.1, 0.15) is 29.3 Å². The highest BCUT2D eigenvalue weighted by molar-refractivity contribution is 6.04. The van der Waals surface area contributed by atoms with Crippen molar-refractivity contribution in [2.45, 2.75) is 80.9 Å². The Labute approximate surface area is 457 Å². The van der Waals surface area contributed by atoms with Crippen LogP contribution in [0.1, 0.15) is 95.3 Å². The van der Waals surface area contributed by atoms with E-state index >= 15 is 0 Å². The molecule has 3 amide bonds. The molecule has 0 saturated carbocycles. The second-order valence-corrected chi connectivity index (χ2v) is 20.4. The molecule has 0 bridgehead atoms. The number of nitrogens with one attached hydrogen (secondary N) is 2. The molecular formula is C63H58F8N4O5. The molecule has 2 fully saturated rings. The van der Waals surface area contributed by atoms with Crippen LogP contribution < -0.4 is 15.5 Å². The second-order valence-electron chi connectivity index (χ2n) is 20.4. The van der Waals surface area contributed by atoms with E-state index in [1.807, 2.05) is 48.5 Å². The molecular weight excluding hydrogens is 1040 g/mol. The molecule has 0 unspecified atom stereocenters. The third-order valence-electron chi connectivity index (χ3n) is 15.4. The van der Waals surface area contributed by atoms with Gasteiger partial charge in [-0.3, -0.25) is 14.4 Å². The van der Waals surface area contributed by atoms with Crippen molar-refractivity contribution in [1.29, 1.82) is 0 Å². The van der Waals surface area contributed by atoms with Crippen LogP contribution in [0.25, 0.3) is 22.3 Å². The van der Waals surface area contributed by atoms with Crippen LogP contribution in [0.5, 0.6) is 5.75 Å². The number of alkyl halides is 6. The molecule has 80 heavy (non-hydrogen) atoms. The predicted octanol–water partition coefficient (Wildman–Crippen LogP) is 13.3. The molecule has 4 N–H and O–H groups in total. The van der Waals surface area contributed by atoms with Gasteiger partial charge < -0.3 is 30.6 Å². The minimum Gasteiger partial charge on any atom is -0.508 e. The van der Waals surface area contributed by atoms with Gasteiger partial charge in [0.05, 0.1) is 23.6 Å². The summed E-state index contributed by atoms with van der Waals surface area (Å²) in [5.74, 6) is -2.04. The third-order valence-corrected chi connectivity index (χ3v) is 15.4. The lowest BCUT2D eigenvalue weighted by Gasteiger charge is -2.48. The Morgan fingerprint density at radius 3 is 1.82 bits per heavy atom. The molecule has 10 rings (SSSR count). The number of hydrogen-bond donors (Lipinski definition) is 4. The summed E-state index contributed by atoms with van der Waals surface area (Å²) in [7, 11) is 0. The number of amides is 3. The van der Waals surface area contributed by atoms with Gasteiger partial charge in [-0.25, -0.2) is 8.78 Å². The largest absolute Gasteiger partial charge is 0.508 e. The number of phenolic OH excluding ortho intramolecular Hbond substituents is 1. The van der Waals surface area contributed by atoms with Gasteiger partial charge in [-0.1, -0.05) is 110 Å². The van der Waals surface area contributed by atoms with Gasteiger partial charge in [0.15, 0.2) is 0 Å². The average Bonchev–Trinajstić information content (AvgIpc) is 3.97. The fourth-order valence-corrected chi connectivity index (χ4v) is 11.3. The number of anilines is 1. The van der Waals surface area contributed by atoms with Gasteiger partial charge in [0.25, 0.3) is 5.91 Å². The summed E-state index contributed by atoms with van der Waals surface area (Å²) < 4.78 is 105. The number of fused-ring (bicyclic) bond motifs is 3. The van der Waals surface area contributed by atoms with Crippen LogP contribution in [0.4, 0.5) is 40.8 Å². The van der Waals surface area contributed by atoms with Crippen molar-refractivity contribution in [3.05, 3.63) is 215 Å². The summed E-state index contributed by atoms with van der Waals surface area (Å²) in [6.45, 7) is 0.799. The first-order valence-electron chi connectivity index (χ1n) is 26.5. The Balaban J connectivity index is 0.000000219. The van der Waals surface area contributed by atoms with E-state index in [0.29, 0.717) is 66.5 Å². The van der Waals surface area contributed by atoms with Gasteiger partial charge in [-0.2, -0.15) is 26.3 Å². The Morgan fingerprint density at radius 2 is 1.24 bits per heavy atom. The van der Waals surface area contributed by atoms with E-state index in [2.05, 4.69) is 15.5 Å². The number of carbonyl (C=O) groups is 3. The summed E-state index contributed by atoms with van der Waals surface area (Å²) >= 11 is 0. The molecule has 0 spiro atoms. The number of β-lactam (4-membered cyclic amide) rings is 1. The van der Waals surface area contributed by atoms with E-state index in [0.717, 1.165) is 66.0 Å². The topological polar surface area (TPSA) is 122 Å². The molecule has 2 heterocycles. The molecule has 17 heteroatoms. The lowest BCUT2D eigenvalue weighted by molar-refractivity contribution is -0.141. The zero-order valence-electron chi connectivity index (χ0n) is 43.3. The van der Waals surface area contributed by atoms with Gasteiger partial charge in [-0.05, 0) is 156 Å². The summed E-state index contributed by atoms with van der Waals surface area (Å²) in [6.07, 6.45) is -5.90. The standard InChI is InChI=1S/C39H37F6N3O2.C24H21F2NO3/c40-38(41,42)25-46-36(50)37(33-13-5-3-10-30(33)31-11-4-6-14-34(31)37)21-7-8-22-48-23-19-28(20-24-48)47-35(49)32-12-2-1-9-29(32)26-15-17-27(18-16-26)39(43,44)45;25-17-5-1-15(2-6-17)22(29)14-13-21-23(16-3-11-20(28)12-4-16)27(24(21)30)19-9-7-18(26)8-10-19/h1-6,9-18,28H,7-8,19-25H2,(H,46,50)(H,47,49);1-12,21-23,28-29H,13-14H2/t;21-,22+,23-/m.1/s1. The number of aromatic hydroxyl groups is 1. The van der Waals surface area contributed by atoms with Crippen LogP contribution in [0, 0.1) is 17.6 Å². The van der Waals surface area contributed by atoms with Crippen LogP contribution in [-0.4, -0.2) is 71.2 Å². The van der Waals surface area contributed by atoms with Crippen LogP contribution in [-0.2, 0) is 21.2 Å². The molecule has 1 aliphatic carbocycles. The summed E-state index contributed by atoms with van der Waals surface area (Å²) in [5.41, 5.74) is 4.66. The maximum Gasteiger partial charge on any atom is 0.416 e. The van der Waals surface area contributed by atoms with E-state index in [1.54, 1.807) is 65.6 Å². The van der Waals surface area contributed by atoms with Crippen LogP contribution in [0.3, 0.4) is 0 Å². The fraction of sp³-hybridized carbons (Fsp3) is 0.286. The maximum absolute atomic E-state index is 13.7. The highest BCUT2D eigenvalue weighted by Crippen LogP contribution is 2.52. The van der Waals surface area contributed by atoms with Crippen LogP contribution in [0.2, 0.25) is 0 Å². The maximum atomic E-state index is 13.7. The average molecular weight is 1100 g/mol. The molecule has 7 aromatic rings. The molecule has 0 radical (unpaired) electrons. The number of nitrogens with zero attached hydrogens (tertiary/aromatic N) is 2. The van der Waals surface area contributed by atoms with Crippen molar-refractivity contribution in [3.63, 3.8) is 0 Å². The molecule has 2 saturated heterocycles. The molecule has 7 aromatic carbocycles. The number of phenols is 1. The first-order chi connectivity index (χ1) is 38.3. The van der Waals surface area contributed by atoms with E-state index < -0.39 is 41.9 Å². The quantitative estimate of drug-likeness (QED) is 0.0434. The van der Waals surface area contributed by atoms with Crippen LogP contribution >= 0.6 is 0 Å². The Kier molecular flexibility index (Phi) is 17.2. The number of carbonyl (C=O) groups excluding carboxylic acids is 3. The number of aliphatic hydroxyl groups excluding tert-OH is 1. The van der Waals surface area contributed by atoms with Crippen molar-refractivity contribution in [3.8, 4) is 28.0 Å². The fourth-order valence-electron chi connectivity index (χ4n) is 11.3. The van der Waals surface area contributed by atoms with Crippen molar-refractivity contribution < 1.29 is 59.7 Å². The second kappa shape index (κ2) is 24.2. The number of unbranched alkanes of at least 4 members (excludes halogenated alkanes) is 1. The van der Waals surface area contributed by atoms with Crippen molar-refractivity contribution in [2.24, 2.45) is 5.92 Å². The van der Waals surface area contributed by atoms with Gasteiger partial charge >= 0.3 is 12.4 Å². The number of halogens is 8. The van der Waals surface area contributed by atoms with Gasteiger partial charge in [0.2, 0.25) is 11.8 Å². The van der Waals surface area contributed by atoms with E-state index in [1.165, 1.54) is 48.5 Å². The molecule has 0 aromatic heterocycles. The zero-order valence-corrected chi connectivity index (χ0v) is 43.3. The van der Waals surface area contributed by atoms with Gasteiger partial charge in [0, 0.05) is 30.4 Å². The molecule has 9 nitrogen and oxygen atoms in total. The Morgan fingerprint density at radius 1 is 0.675 bits per heavy atom. The molecule has 3 aliphatic rings. The highest BCUT2D eigenvalue weighted by atomic mass is 19.4. The van der Waals surface area contributed by atoms with E-state index in [4.69, 9.17) is 0 Å². The normalized spacial score (nSPS) is 17.3.